The minimum absolute atomic E-state index is 0.00824. The first kappa shape index (κ1) is 64.3. The number of methoxy groups -OCH3 is 1. The minimum Gasteiger partial charge on any atom is -0.481 e. The number of hydrogen-bond donors (Lipinski definition) is 5. The number of rotatable bonds is 38. The molecule has 0 bridgehead atoms. The number of hydrogen-bond acceptors (Lipinski definition) is 16. The van der Waals surface area contributed by atoms with Crippen molar-refractivity contribution in [1.82, 2.24) is 0 Å². The highest BCUT2D eigenvalue weighted by Crippen LogP contribution is 2.51. The van der Waals surface area contributed by atoms with E-state index in [4.69, 9.17) is 28.4 Å². The van der Waals surface area contributed by atoms with Gasteiger partial charge in [0, 0.05) is 67.6 Å². The van der Waals surface area contributed by atoms with Gasteiger partial charge in [-0.15, -0.1) is 0 Å². The summed E-state index contributed by atoms with van der Waals surface area (Å²) in [4.78, 5) is 12.6. The summed E-state index contributed by atoms with van der Waals surface area (Å²) in [6.07, 6.45) is 14.2. The van der Waals surface area contributed by atoms with Crippen LogP contribution in [0.3, 0.4) is 0 Å². The number of anilines is 1. The van der Waals surface area contributed by atoms with Gasteiger partial charge in [0.2, 0.25) is 5.69 Å². The first-order valence-electron chi connectivity index (χ1n) is 24.7. The van der Waals surface area contributed by atoms with Crippen LogP contribution in [0.4, 0.5) is 11.4 Å². The number of ether oxygens (including phenoxy) is 6. The molecule has 2 atom stereocenters. The van der Waals surface area contributed by atoms with Crippen LogP contribution in [0.15, 0.2) is 94.4 Å². The molecule has 2 aromatic carbocycles. The molecule has 22 nitrogen and oxygen atoms in total. The van der Waals surface area contributed by atoms with Crippen LogP contribution in [0.2, 0.25) is 0 Å². The summed E-state index contributed by atoms with van der Waals surface area (Å²) < 4.78 is 170. The van der Waals surface area contributed by atoms with E-state index in [1.54, 1.807) is 61.1 Å². The SMILES string of the molecule is COCCOCCOCCOCCOCCOCCC1(C)C(=CC=CC=CC=CC2=[N+](CCCS(=O)(=O)O)c3ccc(S(=O)(=O)O)cc3C2(C)CCCS(=O)(=O)O)N(CCCCCC(=O)O)c2ccc(S(=O)(=O)O)cc21. The molecule has 0 aromatic heterocycles. The molecule has 0 saturated carbocycles. The second-order valence-electron chi connectivity index (χ2n) is 18.4. The molecule has 76 heavy (non-hydrogen) atoms. The molecule has 26 heteroatoms. The molecule has 0 amide bonds. The Kier molecular flexibility index (Phi) is 25.5. The van der Waals surface area contributed by atoms with E-state index < -0.39 is 73.7 Å². The third-order valence-corrected chi connectivity index (χ3v) is 16.1. The number of benzene rings is 2. The Hall–Kier alpha value is -4.26. The topological polar surface area (TPSA) is 316 Å². The number of nitrogens with zero attached hydrogens (tertiary/aromatic N) is 2. The van der Waals surface area contributed by atoms with Gasteiger partial charge in [0.25, 0.3) is 40.5 Å². The maximum absolute atomic E-state index is 12.4. The van der Waals surface area contributed by atoms with E-state index in [1.165, 1.54) is 30.3 Å². The van der Waals surface area contributed by atoms with E-state index in [0.717, 1.165) is 5.70 Å². The fourth-order valence-electron chi connectivity index (χ4n) is 9.01. The summed E-state index contributed by atoms with van der Waals surface area (Å²) in [6, 6.07) is 8.31. The number of unbranched alkanes of at least 4 members (excludes halogenated alkanes) is 2. The van der Waals surface area contributed by atoms with E-state index in [9.17, 15) is 61.8 Å². The van der Waals surface area contributed by atoms with Crippen LogP contribution < -0.4 is 4.90 Å². The largest absolute Gasteiger partial charge is 0.481 e. The fraction of sp³-hybridized carbons (Fsp3) is 0.560. The van der Waals surface area contributed by atoms with Crippen molar-refractivity contribution in [3.8, 4) is 0 Å². The Balaban J connectivity index is 1.58. The number of fused-ring (bicyclic) bond motifs is 2. The standard InChI is InChI=1S/C50H72N2O20S4/c1-49(21-12-36-73(55,56)57)42-38-40(75(61,62)63)17-19-44(42)52(24-13-37-74(58,59)60)46(49)14-8-5-4-6-9-15-47-50(2,22-25-68-28-29-70-32-33-72-35-34-71-31-30-69-27-26-67-3)43-39-41(76(64,65)66)18-20-45(43)51(47)23-11-7-10-16-48(53)54/h4-6,8-9,14-15,17-20,38-39H,7,10-13,16,21-37H2,1-3H3,(H4-,53,54,55,56,57,58,59,60,61,62,63,64,65,66)/p+1. The average Bonchev–Trinajstić information content (AvgIpc) is 3.70. The van der Waals surface area contributed by atoms with E-state index in [1.807, 2.05) is 17.9 Å². The van der Waals surface area contributed by atoms with Crippen molar-refractivity contribution in [2.24, 2.45) is 0 Å². The van der Waals surface area contributed by atoms with Crippen molar-refractivity contribution in [3.05, 3.63) is 95.8 Å². The lowest BCUT2D eigenvalue weighted by Gasteiger charge is -2.30. The Morgan fingerprint density at radius 3 is 1.66 bits per heavy atom. The summed E-state index contributed by atoms with van der Waals surface area (Å²) >= 11 is 0. The third kappa shape index (κ3) is 20.5. The molecule has 0 fully saturated rings. The smallest absolute Gasteiger partial charge is 0.303 e. The Labute approximate surface area is 447 Å². The van der Waals surface area contributed by atoms with Crippen molar-refractivity contribution in [2.45, 2.75) is 85.8 Å². The number of carboxylic acid groups (broad SMARTS) is 1. The van der Waals surface area contributed by atoms with Crippen molar-refractivity contribution < 1.29 is 94.8 Å². The highest BCUT2D eigenvalue weighted by Gasteiger charge is 2.48. The van der Waals surface area contributed by atoms with Gasteiger partial charge in [0.1, 0.15) is 6.54 Å². The number of aliphatic carboxylic acids is 1. The molecule has 0 saturated heterocycles. The molecule has 2 heterocycles. The van der Waals surface area contributed by atoms with E-state index in [2.05, 4.69) is 0 Å². The van der Waals surface area contributed by atoms with Crippen molar-refractivity contribution in [3.63, 3.8) is 0 Å². The summed E-state index contributed by atoms with van der Waals surface area (Å²) in [6.45, 7) is 8.37. The van der Waals surface area contributed by atoms with Gasteiger partial charge in [-0.3, -0.25) is 23.0 Å². The van der Waals surface area contributed by atoms with Crippen LogP contribution in [0.25, 0.3) is 0 Å². The first-order valence-corrected chi connectivity index (χ1v) is 30.8. The molecule has 2 aliphatic heterocycles. The van der Waals surface area contributed by atoms with Gasteiger partial charge in [-0.25, -0.2) is 0 Å². The molecule has 0 spiro atoms. The number of carbonyl (C=O) groups is 1. The third-order valence-electron chi connectivity index (χ3n) is 12.8. The highest BCUT2D eigenvalue weighted by molar-refractivity contribution is 7.86. The van der Waals surface area contributed by atoms with Gasteiger partial charge in [0.15, 0.2) is 5.71 Å². The predicted molar refractivity (Wildman–Crippen MR) is 283 cm³/mol. The highest BCUT2D eigenvalue weighted by atomic mass is 32.2. The quantitative estimate of drug-likeness (QED) is 0.0237. The van der Waals surface area contributed by atoms with Gasteiger partial charge in [-0.1, -0.05) is 36.8 Å². The minimum atomic E-state index is -4.68. The second kappa shape index (κ2) is 30.2. The maximum Gasteiger partial charge on any atom is 0.303 e. The average molecular weight is 1150 g/mol. The molecule has 2 unspecified atom stereocenters. The first-order chi connectivity index (χ1) is 35.8. The van der Waals surface area contributed by atoms with Crippen molar-refractivity contribution in [1.29, 1.82) is 0 Å². The zero-order valence-corrected chi connectivity index (χ0v) is 46.4. The Bertz CT molecular complexity index is 2870. The van der Waals surface area contributed by atoms with Gasteiger partial charge >= 0.3 is 5.97 Å². The lowest BCUT2D eigenvalue weighted by atomic mass is 9.76. The van der Waals surface area contributed by atoms with Crippen molar-refractivity contribution in [2.75, 3.05) is 109 Å². The molecular weight excluding hydrogens is 1080 g/mol. The monoisotopic (exact) mass is 1150 g/mol. The zero-order valence-electron chi connectivity index (χ0n) is 43.2. The second-order valence-corrected chi connectivity index (χ2v) is 24.4. The molecule has 0 radical (unpaired) electrons. The molecule has 0 aliphatic carbocycles. The van der Waals surface area contributed by atoms with Gasteiger partial charge in [-0.2, -0.15) is 38.2 Å². The summed E-state index contributed by atoms with van der Waals surface area (Å²) in [5.41, 5.74) is 1.48. The molecule has 426 valence electrons. The van der Waals surface area contributed by atoms with Crippen LogP contribution in [0, 0.1) is 0 Å². The van der Waals surface area contributed by atoms with Gasteiger partial charge in [-0.05, 0) is 87.9 Å². The lowest BCUT2D eigenvalue weighted by molar-refractivity contribution is -0.437. The Morgan fingerprint density at radius 2 is 1.11 bits per heavy atom. The van der Waals surface area contributed by atoms with Crippen LogP contribution in [-0.2, 0) is 84.5 Å². The van der Waals surface area contributed by atoms with Crippen LogP contribution >= 0.6 is 0 Å². The molecule has 2 aliphatic rings. The van der Waals surface area contributed by atoms with Crippen molar-refractivity contribution >= 4 is 63.5 Å². The number of allylic oxidation sites excluding steroid dienone is 8. The summed E-state index contributed by atoms with van der Waals surface area (Å²) in [5, 5.41) is 9.22. The predicted octanol–water partition coefficient (Wildman–Crippen LogP) is 5.58. The lowest BCUT2D eigenvalue weighted by Crippen LogP contribution is -2.32. The van der Waals surface area contributed by atoms with Gasteiger partial charge in [0.05, 0.1) is 92.8 Å². The van der Waals surface area contributed by atoms with Gasteiger partial charge < -0.3 is 38.4 Å². The molecular formula is C50H73N2O20S4+. The van der Waals surface area contributed by atoms with Crippen LogP contribution in [-0.4, -0.2) is 178 Å². The fourth-order valence-corrected chi connectivity index (χ4v) is 11.0. The summed E-state index contributed by atoms with van der Waals surface area (Å²) in [7, 11) is -16.4. The van der Waals surface area contributed by atoms with E-state index >= 15 is 0 Å². The zero-order chi connectivity index (χ0) is 56.0. The number of carboxylic acids is 1. The summed E-state index contributed by atoms with van der Waals surface area (Å²) in [5.74, 6) is -2.09. The maximum atomic E-state index is 12.4. The van der Waals surface area contributed by atoms with Crippen LogP contribution in [0.1, 0.15) is 76.3 Å². The normalized spacial score (nSPS) is 18.8. The Morgan fingerprint density at radius 1 is 0.592 bits per heavy atom. The molecule has 2 aromatic rings. The molecule has 4 rings (SSSR count). The van der Waals surface area contributed by atoms with E-state index in [0.29, 0.717) is 113 Å². The molecule has 5 N–H and O–H groups in total. The van der Waals surface area contributed by atoms with E-state index in [-0.39, 0.29) is 56.9 Å². The van der Waals surface area contributed by atoms with Crippen LogP contribution in [0.5, 0.6) is 0 Å².